The first-order chi connectivity index (χ1) is 14.9. The molecule has 1 aromatic heterocycles. The Morgan fingerprint density at radius 2 is 1.74 bits per heavy atom. The molecular formula is C22H26FN5O3. The molecule has 164 valence electrons. The molecule has 0 radical (unpaired) electrons. The van der Waals surface area contributed by atoms with Crippen molar-refractivity contribution in [2.75, 3.05) is 24.5 Å². The largest absolute Gasteiger partial charge is 0.345 e. The first kappa shape index (κ1) is 20.0. The SMILES string of the molecule is Cn1nc(C2CCN(C(=O)C3CC(=O)N(c4ccc(F)cc4)C3)CC2)n(C2CC2)c1=O. The number of benzene rings is 1. The topological polar surface area (TPSA) is 80.4 Å². The maximum Gasteiger partial charge on any atom is 0.345 e. The normalized spacial score (nSPS) is 22.4. The highest BCUT2D eigenvalue weighted by Crippen LogP contribution is 2.37. The van der Waals surface area contributed by atoms with Crippen molar-refractivity contribution in [3.63, 3.8) is 0 Å². The number of hydrogen-bond donors (Lipinski definition) is 0. The van der Waals surface area contributed by atoms with E-state index < -0.39 is 0 Å². The number of amides is 2. The molecule has 9 heteroatoms. The monoisotopic (exact) mass is 427 g/mol. The van der Waals surface area contributed by atoms with Crippen molar-refractivity contribution in [2.24, 2.45) is 13.0 Å². The van der Waals surface area contributed by atoms with Crippen LogP contribution in [-0.2, 0) is 16.6 Å². The van der Waals surface area contributed by atoms with Gasteiger partial charge in [0.25, 0.3) is 0 Å². The highest BCUT2D eigenvalue weighted by atomic mass is 19.1. The number of piperidine rings is 1. The number of nitrogens with zero attached hydrogens (tertiary/aromatic N) is 5. The van der Waals surface area contributed by atoms with E-state index in [1.807, 2.05) is 9.47 Å². The van der Waals surface area contributed by atoms with Crippen LogP contribution in [0.2, 0.25) is 0 Å². The van der Waals surface area contributed by atoms with E-state index in [2.05, 4.69) is 5.10 Å². The van der Waals surface area contributed by atoms with Gasteiger partial charge in [0.15, 0.2) is 0 Å². The van der Waals surface area contributed by atoms with Crippen LogP contribution in [0.3, 0.4) is 0 Å². The number of aromatic nitrogens is 3. The summed E-state index contributed by atoms with van der Waals surface area (Å²) in [5.41, 5.74) is 0.565. The summed E-state index contributed by atoms with van der Waals surface area (Å²) in [5, 5.41) is 4.49. The van der Waals surface area contributed by atoms with E-state index in [9.17, 15) is 18.8 Å². The maximum atomic E-state index is 13.2. The van der Waals surface area contributed by atoms with Gasteiger partial charge in [0, 0.05) is 50.7 Å². The zero-order chi connectivity index (χ0) is 21.7. The molecule has 0 N–H and O–H groups in total. The van der Waals surface area contributed by atoms with Crippen LogP contribution >= 0.6 is 0 Å². The van der Waals surface area contributed by atoms with Gasteiger partial charge in [-0.15, -0.1) is 0 Å². The molecule has 3 heterocycles. The summed E-state index contributed by atoms with van der Waals surface area (Å²) in [4.78, 5) is 41.3. The third-order valence-electron chi connectivity index (χ3n) is 6.68. The van der Waals surface area contributed by atoms with E-state index in [0.717, 1.165) is 31.5 Å². The van der Waals surface area contributed by atoms with E-state index >= 15 is 0 Å². The number of halogens is 1. The Balaban J connectivity index is 1.23. The van der Waals surface area contributed by atoms with E-state index in [1.165, 1.54) is 16.8 Å². The Hall–Kier alpha value is -2.97. The first-order valence-electron chi connectivity index (χ1n) is 10.9. The van der Waals surface area contributed by atoms with Gasteiger partial charge in [0.05, 0.1) is 5.92 Å². The lowest BCUT2D eigenvalue weighted by molar-refractivity contribution is -0.136. The predicted octanol–water partition coefficient (Wildman–Crippen LogP) is 1.81. The summed E-state index contributed by atoms with van der Waals surface area (Å²) >= 11 is 0. The lowest BCUT2D eigenvalue weighted by Crippen LogP contribution is -2.42. The molecule has 0 spiro atoms. The molecule has 31 heavy (non-hydrogen) atoms. The van der Waals surface area contributed by atoms with Crippen molar-refractivity contribution in [2.45, 2.75) is 44.1 Å². The third kappa shape index (κ3) is 3.66. The molecule has 1 aromatic carbocycles. The standard InChI is InChI=1S/C22H26FN5O3/c1-25-22(31)28(18-6-7-18)20(24-25)14-8-10-26(11-9-14)21(30)15-12-19(29)27(13-15)17-4-2-16(23)3-5-17/h2-5,14-15,18H,6-13H2,1H3. The van der Waals surface area contributed by atoms with Crippen molar-refractivity contribution in [3.8, 4) is 0 Å². The Kier molecular flexibility index (Phi) is 4.91. The summed E-state index contributed by atoms with van der Waals surface area (Å²) < 4.78 is 16.4. The van der Waals surface area contributed by atoms with Gasteiger partial charge in [-0.2, -0.15) is 5.10 Å². The molecular weight excluding hydrogens is 401 g/mol. The molecule has 5 rings (SSSR count). The molecule has 0 bridgehead atoms. The lowest BCUT2D eigenvalue weighted by Gasteiger charge is -2.33. The number of likely N-dealkylation sites (tertiary alicyclic amines) is 1. The number of carbonyl (C=O) groups is 2. The summed E-state index contributed by atoms with van der Waals surface area (Å²) in [7, 11) is 1.69. The number of hydrogen-bond acceptors (Lipinski definition) is 4. The minimum Gasteiger partial charge on any atom is -0.342 e. The van der Waals surface area contributed by atoms with Gasteiger partial charge < -0.3 is 9.80 Å². The summed E-state index contributed by atoms with van der Waals surface area (Å²) in [6.45, 7) is 1.52. The van der Waals surface area contributed by atoms with Gasteiger partial charge in [-0.05, 0) is 49.9 Å². The summed E-state index contributed by atoms with van der Waals surface area (Å²) in [5.74, 6) is 0.165. The minimum absolute atomic E-state index is 0.00276. The van der Waals surface area contributed by atoms with Crippen molar-refractivity contribution in [1.29, 1.82) is 0 Å². The van der Waals surface area contributed by atoms with Crippen molar-refractivity contribution in [3.05, 3.63) is 46.4 Å². The fourth-order valence-corrected chi connectivity index (χ4v) is 4.81. The van der Waals surface area contributed by atoms with E-state index in [0.29, 0.717) is 25.3 Å². The van der Waals surface area contributed by atoms with Crippen LogP contribution in [0, 0.1) is 11.7 Å². The van der Waals surface area contributed by atoms with E-state index in [4.69, 9.17) is 0 Å². The Bertz CT molecular complexity index is 1060. The van der Waals surface area contributed by atoms with E-state index in [1.54, 1.807) is 24.1 Å². The van der Waals surface area contributed by atoms with Gasteiger partial charge in [-0.3, -0.25) is 14.2 Å². The zero-order valence-electron chi connectivity index (χ0n) is 17.5. The van der Waals surface area contributed by atoms with Crippen molar-refractivity contribution in [1.82, 2.24) is 19.2 Å². The Morgan fingerprint density at radius 1 is 1.06 bits per heavy atom. The van der Waals surface area contributed by atoms with Gasteiger partial charge in [0.1, 0.15) is 11.6 Å². The fourth-order valence-electron chi connectivity index (χ4n) is 4.81. The molecule has 2 amide bonds. The van der Waals surface area contributed by atoms with Gasteiger partial charge >= 0.3 is 5.69 Å². The zero-order valence-corrected chi connectivity index (χ0v) is 17.5. The second-order valence-electron chi connectivity index (χ2n) is 8.85. The molecule has 1 saturated carbocycles. The third-order valence-corrected chi connectivity index (χ3v) is 6.68. The minimum atomic E-state index is -0.381. The molecule has 1 aliphatic carbocycles. The highest BCUT2D eigenvalue weighted by molar-refractivity contribution is 6.00. The van der Waals surface area contributed by atoms with Crippen LogP contribution in [-0.4, -0.2) is 50.7 Å². The van der Waals surface area contributed by atoms with Gasteiger partial charge in [0.2, 0.25) is 11.8 Å². The number of aryl methyl sites for hydroxylation is 1. The second kappa shape index (κ2) is 7.62. The summed E-state index contributed by atoms with van der Waals surface area (Å²) in [6.07, 6.45) is 3.75. The quantitative estimate of drug-likeness (QED) is 0.746. The predicted molar refractivity (Wildman–Crippen MR) is 111 cm³/mol. The van der Waals surface area contributed by atoms with Crippen molar-refractivity contribution >= 4 is 17.5 Å². The molecule has 1 atom stereocenters. The molecule has 8 nitrogen and oxygen atoms in total. The maximum absolute atomic E-state index is 13.2. The van der Waals surface area contributed by atoms with Crippen molar-refractivity contribution < 1.29 is 14.0 Å². The van der Waals surface area contributed by atoms with Gasteiger partial charge in [-0.1, -0.05) is 0 Å². The van der Waals surface area contributed by atoms with Crippen LogP contribution in [0.4, 0.5) is 10.1 Å². The van der Waals surface area contributed by atoms with E-state index in [-0.39, 0.29) is 47.6 Å². The molecule has 1 unspecified atom stereocenters. The Morgan fingerprint density at radius 3 is 2.39 bits per heavy atom. The van der Waals surface area contributed by atoms with Crippen LogP contribution in [0.1, 0.15) is 49.9 Å². The Labute approximate surface area is 179 Å². The number of anilines is 1. The lowest BCUT2D eigenvalue weighted by atomic mass is 9.94. The highest BCUT2D eigenvalue weighted by Gasteiger charge is 2.39. The number of rotatable bonds is 4. The molecule has 3 fully saturated rings. The number of carbonyl (C=O) groups excluding carboxylic acids is 2. The molecule has 2 aromatic rings. The van der Waals surface area contributed by atoms with Gasteiger partial charge in [-0.25, -0.2) is 13.9 Å². The van der Waals surface area contributed by atoms with Crippen LogP contribution in [0.5, 0.6) is 0 Å². The molecule has 2 aliphatic heterocycles. The van der Waals surface area contributed by atoms with Crippen LogP contribution in [0.25, 0.3) is 0 Å². The molecule has 2 saturated heterocycles. The average Bonchev–Trinajstić information content (AvgIpc) is 3.47. The first-order valence-corrected chi connectivity index (χ1v) is 10.9. The fraction of sp³-hybridized carbons (Fsp3) is 0.545. The van der Waals surface area contributed by atoms with Crippen LogP contribution < -0.4 is 10.6 Å². The second-order valence-corrected chi connectivity index (χ2v) is 8.85. The average molecular weight is 427 g/mol. The smallest absolute Gasteiger partial charge is 0.342 e. The van der Waals surface area contributed by atoms with Crippen LogP contribution in [0.15, 0.2) is 29.1 Å². The molecule has 3 aliphatic rings. The summed E-state index contributed by atoms with van der Waals surface area (Å²) in [6, 6.07) is 6.05.